The SMILES string of the molecule is O=C(Cc1coc(-c2ccccc2)n1)NC(CO)Cc1ccccc1. The molecular formula is C20H20N2O3. The van der Waals surface area contributed by atoms with Crippen LogP contribution in [0.2, 0.25) is 0 Å². The second-order valence-electron chi connectivity index (χ2n) is 5.82. The second-order valence-corrected chi connectivity index (χ2v) is 5.82. The summed E-state index contributed by atoms with van der Waals surface area (Å²) in [4.78, 5) is 16.6. The van der Waals surface area contributed by atoms with E-state index in [9.17, 15) is 9.90 Å². The van der Waals surface area contributed by atoms with Crippen LogP contribution in [0, 0.1) is 0 Å². The number of rotatable bonds is 7. The third-order valence-corrected chi connectivity index (χ3v) is 3.82. The van der Waals surface area contributed by atoms with E-state index in [1.165, 1.54) is 6.26 Å². The van der Waals surface area contributed by atoms with Crippen molar-refractivity contribution in [3.63, 3.8) is 0 Å². The van der Waals surface area contributed by atoms with Crippen molar-refractivity contribution in [2.75, 3.05) is 6.61 Å². The predicted octanol–water partition coefficient (Wildman–Crippen LogP) is 2.60. The molecule has 3 aromatic rings. The maximum Gasteiger partial charge on any atom is 0.226 e. The number of hydrogen-bond acceptors (Lipinski definition) is 4. The average molecular weight is 336 g/mol. The summed E-state index contributed by atoms with van der Waals surface area (Å²) >= 11 is 0. The highest BCUT2D eigenvalue weighted by Crippen LogP contribution is 2.18. The smallest absolute Gasteiger partial charge is 0.226 e. The highest BCUT2D eigenvalue weighted by Gasteiger charge is 2.15. The molecule has 2 N–H and O–H groups in total. The number of aliphatic hydroxyl groups excluding tert-OH is 1. The van der Waals surface area contributed by atoms with Crippen molar-refractivity contribution in [2.24, 2.45) is 0 Å². The molecule has 5 heteroatoms. The molecule has 1 amide bonds. The quantitative estimate of drug-likeness (QED) is 0.695. The minimum Gasteiger partial charge on any atom is -0.444 e. The van der Waals surface area contributed by atoms with Gasteiger partial charge in [-0.05, 0) is 24.1 Å². The molecule has 0 saturated carbocycles. The van der Waals surface area contributed by atoms with Crippen LogP contribution >= 0.6 is 0 Å². The Morgan fingerprint density at radius 1 is 1.08 bits per heavy atom. The first-order valence-corrected chi connectivity index (χ1v) is 8.18. The van der Waals surface area contributed by atoms with Gasteiger partial charge in [0.1, 0.15) is 6.26 Å². The zero-order valence-electron chi connectivity index (χ0n) is 13.8. The van der Waals surface area contributed by atoms with Gasteiger partial charge in [-0.15, -0.1) is 0 Å². The van der Waals surface area contributed by atoms with Crippen LogP contribution in [0.1, 0.15) is 11.3 Å². The highest BCUT2D eigenvalue weighted by molar-refractivity contribution is 5.78. The molecule has 0 aliphatic carbocycles. The summed E-state index contributed by atoms with van der Waals surface area (Å²) in [6, 6.07) is 19.0. The van der Waals surface area contributed by atoms with Crippen molar-refractivity contribution in [2.45, 2.75) is 18.9 Å². The molecule has 25 heavy (non-hydrogen) atoms. The van der Waals surface area contributed by atoms with E-state index < -0.39 is 0 Å². The molecule has 1 heterocycles. The van der Waals surface area contributed by atoms with E-state index in [-0.39, 0.29) is 25.0 Å². The van der Waals surface area contributed by atoms with Gasteiger partial charge in [0.2, 0.25) is 11.8 Å². The van der Waals surface area contributed by atoms with Crippen molar-refractivity contribution in [3.8, 4) is 11.5 Å². The maximum atomic E-state index is 12.2. The fourth-order valence-electron chi connectivity index (χ4n) is 2.60. The molecule has 0 spiro atoms. The Morgan fingerprint density at radius 2 is 1.76 bits per heavy atom. The fourth-order valence-corrected chi connectivity index (χ4v) is 2.60. The lowest BCUT2D eigenvalue weighted by Crippen LogP contribution is -2.39. The molecule has 5 nitrogen and oxygen atoms in total. The number of amides is 1. The van der Waals surface area contributed by atoms with Crippen LogP contribution in [0.3, 0.4) is 0 Å². The van der Waals surface area contributed by atoms with Crippen LogP contribution < -0.4 is 5.32 Å². The largest absolute Gasteiger partial charge is 0.444 e. The van der Waals surface area contributed by atoms with Gasteiger partial charge in [-0.2, -0.15) is 0 Å². The Bertz CT molecular complexity index is 800. The van der Waals surface area contributed by atoms with Crippen molar-refractivity contribution in [1.29, 1.82) is 0 Å². The van der Waals surface area contributed by atoms with Crippen molar-refractivity contribution < 1.29 is 14.3 Å². The van der Waals surface area contributed by atoms with Crippen LogP contribution in [-0.2, 0) is 17.6 Å². The Labute approximate surface area is 146 Å². The second kappa shape index (κ2) is 8.26. The van der Waals surface area contributed by atoms with Crippen LogP contribution in [0.25, 0.3) is 11.5 Å². The van der Waals surface area contributed by atoms with Gasteiger partial charge < -0.3 is 14.8 Å². The number of nitrogens with one attached hydrogen (secondary N) is 1. The molecule has 1 atom stereocenters. The summed E-state index contributed by atoms with van der Waals surface area (Å²) in [6.45, 7) is -0.116. The van der Waals surface area contributed by atoms with E-state index in [1.807, 2.05) is 60.7 Å². The van der Waals surface area contributed by atoms with Crippen molar-refractivity contribution in [1.82, 2.24) is 10.3 Å². The third kappa shape index (κ3) is 4.78. The number of hydrogen-bond donors (Lipinski definition) is 2. The lowest BCUT2D eigenvalue weighted by atomic mass is 10.1. The lowest BCUT2D eigenvalue weighted by Gasteiger charge is -2.16. The molecule has 0 saturated heterocycles. The number of oxazole rings is 1. The molecule has 128 valence electrons. The van der Waals surface area contributed by atoms with Crippen LogP contribution in [0.4, 0.5) is 0 Å². The summed E-state index contributed by atoms with van der Waals surface area (Å²) < 4.78 is 5.44. The van der Waals surface area contributed by atoms with Gasteiger partial charge >= 0.3 is 0 Å². The minimum absolute atomic E-state index is 0.113. The van der Waals surface area contributed by atoms with Gasteiger partial charge in [0.05, 0.1) is 24.8 Å². The number of aromatic nitrogens is 1. The topological polar surface area (TPSA) is 75.4 Å². The van der Waals surface area contributed by atoms with Crippen molar-refractivity contribution in [3.05, 3.63) is 78.2 Å². The molecule has 0 radical (unpaired) electrons. The molecule has 1 unspecified atom stereocenters. The summed E-state index contributed by atoms with van der Waals surface area (Å²) in [6.07, 6.45) is 2.19. The first-order chi connectivity index (χ1) is 12.2. The minimum atomic E-state index is -0.324. The number of carbonyl (C=O) groups is 1. The monoisotopic (exact) mass is 336 g/mol. The summed E-state index contributed by atoms with van der Waals surface area (Å²) in [5, 5.41) is 12.3. The lowest BCUT2D eigenvalue weighted by molar-refractivity contribution is -0.121. The number of carbonyl (C=O) groups excluding carboxylic acids is 1. The van der Waals surface area contributed by atoms with E-state index in [0.717, 1.165) is 11.1 Å². The number of aliphatic hydroxyl groups is 1. The van der Waals surface area contributed by atoms with Crippen LogP contribution in [-0.4, -0.2) is 28.6 Å². The first-order valence-electron chi connectivity index (χ1n) is 8.18. The average Bonchev–Trinajstić information content (AvgIpc) is 3.11. The van der Waals surface area contributed by atoms with Crippen LogP contribution in [0.15, 0.2) is 71.3 Å². The predicted molar refractivity (Wildman–Crippen MR) is 94.8 cm³/mol. The fraction of sp³-hybridized carbons (Fsp3) is 0.200. The standard InChI is InChI=1S/C20H20N2O3/c23-13-17(11-15-7-3-1-4-8-15)21-19(24)12-18-14-25-20(22-18)16-9-5-2-6-10-16/h1-10,14,17,23H,11-13H2,(H,21,24). The molecular weight excluding hydrogens is 316 g/mol. The maximum absolute atomic E-state index is 12.2. The van der Waals surface area contributed by atoms with Gasteiger partial charge in [0, 0.05) is 5.56 Å². The molecule has 0 aliphatic rings. The Balaban J connectivity index is 1.57. The van der Waals surface area contributed by atoms with Gasteiger partial charge in [0.15, 0.2) is 0 Å². The molecule has 0 aliphatic heterocycles. The molecule has 2 aromatic carbocycles. The highest BCUT2D eigenvalue weighted by atomic mass is 16.3. The molecule has 0 bridgehead atoms. The van der Waals surface area contributed by atoms with Gasteiger partial charge in [0.25, 0.3) is 0 Å². The summed E-state index contributed by atoms with van der Waals surface area (Å²) in [5.74, 6) is 0.300. The zero-order chi connectivity index (χ0) is 17.5. The first kappa shape index (κ1) is 16.9. The Kier molecular flexibility index (Phi) is 5.59. The number of benzene rings is 2. The van der Waals surface area contributed by atoms with E-state index >= 15 is 0 Å². The van der Waals surface area contributed by atoms with Crippen LogP contribution in [0.5, 0.6) is 0 Å². The Hall–Kier alpha value is -2.92. The zero-order valence-corrected chi connectivity index (χ0v) is 13.8. The molecule has 3 rings (SSSR count). The summed E-state index contributed by atoms with van der Waals surface area (Å²) in [5.41, 5.74) is 2.49. The molecule has 0 fully saturated rings. The van der Waals surface area contributed by atoms with E-state index in [1.54, 1.807) is 0 Å². The summed E-state index contributed by atoms with van der Waals surface area (Å²) in [7, 11) is 0. The molecule has 1 aromatic heterocycles. The van der Waals surface area contributed by atoms with Gasteiger partial charge in [-0.3, -0.25) is 4.79 Å². The Morgan fingerprint density at radius 3 is 2.44 bits per heavy atom. The van der Waals surface area contributed by atoms with E-state index in [0.29, 0.717) is 18.0 Å². The third-order valence-electron chi connectivity index (χ3n) is 3.82. The van der Waals surface area contributed by atoms with Crippen molar-refractivity contribution >= 4 is 5.91 Å². The van der Waals surface area contributed by atoms with Gasteiger partial charge in [-0.25, -0.2) is 4.98 Å². The van der Waals surface area contributed by atoms with Gasteiger partial charge in [-0.1, -0.05) is 48.5 Å². The number of nitrogens with zero attached hydrogens (tertiary/aromatic N) is 1. The normalized spacial score (nSPS) is 11.9. The van der Waals surface area contributed by atoms with E-state index in [2.05, 4.69) is 10.3 Å². The van der Waals surface area contributed by atoms with E-state index in [4.69, 9.17) is 4.42 Å².